The second kappa shape index (κ2) is 5.87. The van der Waals surface area contributed by atoms with Crippen LogP contribution in [-0.2, 0) is 9.47 Å². The Hall–Kier alpha value is -0.160. The lowest BCUT2D eigenvalue weighted by Crippen LogP contribution is -2.69. The van der Waals surface area contributed by atoms with E-state index < -0.39 is 0 Å². The van der Waals surface area contributed by atoms with Crippen molar-refractivity contribution in [2.24, 2.45) is 11.3 Å². The van der Waals surface area contributed by atoms with Gasteiger partial charge in [-0.2, -0.15) is 0 Å². The van der Waals surface area contributed by atoms with Crippen LogP contribution in [0.4, 0.5) is 0 Å². The summed E-state index contributed by atoms with van der Waals surface area (Å²) >= 11 is 0. The molecule has 1 heterocycles. The van der Waals surface area contributed by atoms with Crippen molar-refractivity contribution in [2.45, 2.75) is 51.4 Å². The fourth-order valence-corrected chi connectivity index (χ4v) is 3.62. The highest BCUT2D eigenvalue weighted by Crippen LogP contribution is 2.51. The van der Waals surface area contributed by atoms with E-state index >= 15 is 0 Å². The van der Waals surface area contributed by atoms with Crippen LogP contribution in [0.3, 0.4) is 0 Å². The number of hydrogen-bond acceptors (Lipinski definition) is 4. The normalized spacial score (nSPS) is 35.7. The molecule has 106 valence electrons. The predicted octanol–water partition coefficient (Wildman–Crippen LogP) is 1.18. The second-order valence-electron chi connectivity index (χ2n) is 6.25. The quantitative estimate of drug-likeness (QED) is 0.750. The third-order valence-corrected chi connectivity index (χ3v) is 4.53. The van der Waals surface area contributed by atoms with E-state index in [9.17, 15) is 5.11 Å². The third-order valence-electron chi connectivity index (χ3n) is 4.53. The summed E-state index contributed by atoms with van der Waals surface area (Å²) < 4.78 is 10.8. The zero-order valence-corrected chi connectivity index (χ0v) is 11.8. The van der Waals surface area contributed by atoms with E-state index in [0.29, 0.717) is 24.7 Å². The average molecular weight is 257 g/mol. The van der Waals surface area contributed by atoms with E-state index in [1.807, 2.05) is 0 Å². The van der Waals surface area contributed by atoms with E-state index in [0.717, 1.165) is 19.6 Å². The lowest BCUT2D eigenvalue weighted by molar-refractivity contribution is -0.192. The van der Waals surface area contributed by atoms with Crippen LogP contribution in [0.15, 0.2) is 0 Å². The minimum absolute atomic E-state index is 0.220. The molecule has 0 spiro atoms. The van der Waals surface area contributed by atoms with Gasteiger partial charge in [0.15, 0.2) is 0 Å². The van der Waals surface area contributed by atoms with Gasteiger partial charge < -0.3 is 19.9 Å². The molecule has 2 N–H and O–H groups in total. The second-order valence-corrected chi connectivity index (χ2v) is 6.25. The molecule has 4 nitrogen and oxygen atoms in total. The van der Waals surface area contributed by atoms with Gasteiger partial charge in [0.05, 0.1) is 18.8 Å². The van der Waals surface area contributed by atoms with Crippen LogP contribution in [0, 0.1) is 11.3 Å². The number of aliphatic hydroxyl groups excluding tert-OH is 1. The van der Waals surface area contributed by atoms with Crippen molar-refractivity contribution in [1.82, 2.24) is 5.32 Å². The third kappa shape index (κ3) is 2.72. The summed E-state index contributed by atoms with van der Waals surface area (Å²) in [6.07, 6.45) is 3.27. The van der Waals surface area contributed by atoms with Crippen LogP contribution >= 0.6 is 0 Å². The standard InChI is InChI=1S/C14H27NO3/c1-14(2)12(11-5-4-8-18-13(11)14)15-7-6-10(16)9-17-3/h10-13,15-16H,4-9H2,1-3H3. The Balaban J connectivity index is 1.75. The van der Waals surface area contributed by atoms with Crippen molar-refractivity contribution >= 4 is 0 Å². The number of aliphatic hydroxyl groups is 1. The maximum atomic E-state index is 9.63. The Kier molecular flexibility index (Phi) is 4.64. The van der Waals surface area contributed by atoms with Gasteiger partial charge in [0.1, 0.15) is 0 Å². The molecule has 4 heteroatoms. The summed E-state index contributed by atoms with van der Waals surface area (Å²) in [6.45, 7) is 6.75. The molecule has 2 aliphatic rings. The highest BCUT2D eigenvalue weighted by atomic mass is 16.5. The Morgan fingerprint density at radius 3 is 3.00 bits per heavy atom. The molecule has 2 fully saturated rings. The van der Waals surface area contributed by atoms with Crippen molar-refractivity contribution in [3.05, 3.63) is 0 Å². The highest BCUT2D eigenvalue weighted by Gasteiger charge is 2.57. The molecule has 0 aromatic carbocycles. The first kappa shape index (κ1) is 14.3. The van der Waals surface area contributed by atoms with E-state index in [-0.39, 0.29) is 11.5 Å². The first-order valence-corrected chi connectivity index (χ1v) is 7.09. The van der Waals surface area contributed by atoms with Crippen LogP contribution in [-0.4, -0.2) is 50.2 Å². The topological polar surface area (TPSA) is 50.7 Å². The first-order valence-electron chi connectivity index (χ1n) is 7.09. The van der Waals surface area contributed by atoms with Crippen LogP contribution in [0.1, 0.15) is 33.1 Å². The number of methoxy groups -OCH3 is 1. The highest BCUT2D eigenvalue weighted by molar-refractivity contribution is 5.10. The van der Waals surface area contributed by atoms with Crippen molar-refractivity contribution in [3.8, 4) is 0 Å². The summed E-state index contributed by atoms with van der Waals surface area (Å²) in [5, 5.41) is 13.2. The summed E-state index contributed by atoms with van der Waals surface area (Å²) in [5.41, 5.74) is 0.220. The molecule has 4 atom stereocenters. The minimum atomic E-state index is -0.357. The molecule has 1 saturated heterocycles. The van der Waals surface area contributed by atoms with E-state index in [4.69, 9.17) is 9.47 Å². The molecule has 0 radical (unpaired) electrons. The van der Waals surface area contributed by atoms with Crippen molar-refractivity contribution in [3.63, 3.8) is 0 Å². The molecular formula is C14H27NO3. The monoisotopic (exact) mass is 257 g/mol. The fourth-order valence-electron chi connectivity index (χ4n) is 3.62. The van der Waals surface area contributed by atoms with E-state index in [1.54, 1.807) is 7.11 Å². The van der Waals surface area contributed by atoms with E-state index in [1.165, 1.54) is 12.8 Å². The summed E-state index contributed by atoms with van der Waals surface area (Å²) in [7, 11) is 1.62. The van der Waals surface area contributed by atoms with Gasteiger partial charge in [-0.1, -0.05) is 13.8 Å². The Bertz CT molecular complexity index is 270. The zero-order chi connectivity index (χ0) is 13.2. The molecular weight excluding hydrogens is 230 g/mol. The number of rotatable bonds is 6. The zero-order valence-electron chi connectivity index (χ0n) is 11.8. The number of hydrogen-bond donors (Lipinski definition) is 2. The molecule has 0 amide bonds. The molecule has 4 unspecified atom stereocenters. The number of fused-ring (bicyclic) bond motifs is 1. The van der Waals surface area contributed by atoms with Gasteiger partial charge in [-0.05, 0) is 25.8 Å². The molecule has 1 aliphatic carbocycles. The predicted molar refractivity (Wildman–Crippen MR) is 70.5 cm³/mol. The maximum absolute atomic E-state index is 9.63. The Morgan fingerprint density at radius 1 is 1.50 bits per heavy atom. The maximum Gasteiger partial charge on any atom is 0.0785 e. The van der Waals surface area contributed by atoms with Gasteiger partial charge >= 0.3 is 0 Å². The summed E-state index contributed by atoms with van der Waals surface area (Å²) in [5.74, 6) is 0.660. The van der Waals surface area contributed by atoms with Gasteiger partial charge in [0, 0.05) is 31.1 Å². The largest absolute Gasteiger partial charge is 0.391 e. The Labute approximate surface area is 110 Å². The first-order chi connectivity index (χ1) is 8.57. The van der Waals surface area contributed by atoms with Gasteiger partial charge in [0.2, 0.25) is 0 Å². The van der Waals surface area contributed by atoms with Crippen molar-refractivity contribution in [1.29, 1.82) is 0 Å². The molecule has 0 aromatic rings. The van der Waals surface area contributed by atoms with Crippen LogP contribution in [0.5, 0.6) is 0 Å². The lowest BCUT2D eigenvalue weighted by Gasteiger charge is -2.60. The lowest BCUT2D eigenvalue weighted by atomic mass is 9.55. The summed E-state index contributed by atoms with van der Waals surface area (Å²) in [4.78, 5) is 0. The van der Waals surface area contributed by atoms with Gasteiger partial charge in [-0.25, -0.2) is 0 Å². The van der Waals surface area contributed by atoms with Gasteiger partial charge in [-0.3, -0.25) is 0 Å². The molecule has 2 rings (SSSR count). The molecule has 18 heavy (non-hydrogen) atoms. The summed E-state index contributed by atoms with van der Waals surface area (Å²) in [6, 6.07) is 0.526. The number of ether oxygens (including phenoxy) is 2. The Morgan fingerprint density at radius 2 is 2.28 bits per heavy atom. The molecule has 0 bridgehead atoms. The number of nitrogens with one attached hydrogen (secondary N) is 1. The molecule has 1 aliphatic heterocycles. The van der Waals surface area contributed by atoms with E-state index in [2.05, 4.69) is 19.2 Å². The molecule has 0 aromatic heterocycles. The van der Waals surface area contributed by atoms with Gasteiger partial charge in [-0.15, -0.1) is 0 Å². The SMILES string of the molecule is COCC(O)CCNC1C2CCCOC2C1(C)C. The van der Waals surface area contributed by atoms with Crippen LogP contribution in [0.2, 0.25) is 0 Å². The van der Waals surface area contributed by atoms with Crippen LogP contribution < -0.4 is 5.32 Å². The fraction of sp³-hybridized carbons (Fsp3) is 1.00. The smallest absolute Gasteiger partial charge is 0.0785 e. The van der Waals surface area contributed by atoms with Crippen LogP contribution in [0.25, 0.3) is 0 Å². The van der Waals surface area contributed by atoms with Crippen molar-refractivity contribution < 1.29 is 14.6 Å². The van der Waals surface area contributed by atoms with Crippen molar-refractivity contribution in [2.75, 3.05) is 26.9 Å². The van der Waals surface area contributed by atoms with Gasteiger partial charge in [0.25, 0.3) is 0 Å². The average Bonchev–Trinajstić information content (AvgIpc) is 2.35. The molecule has 1 saturated carbocycles. The minimum Gasteiger partial charge on any atom is -0.391 e.